The van der Waals surface area contributed by atoms with Crippen molar-refractivity contribution in [1.82, 2.24) is 14.9 Å². The molecule has 0 radical (unpaired) electrons. The number of ether oxygens (including phenoxy) is 1. The van der Waals surface area contributed by atoms with Crippen molar-refractivity contribution < 1.29 is 9.53 Å². The average Bonchev–Trinajstić information content (AvgIpc) is 3.51. The molecule has 1 aromatic carbocycles. The van der Waals surface area contributed by atoms with Gasteiger partial charge in [-0.1, -0.05) is 32.4 Å². The summed E-state index contributed by atoms with van der Waals surface area (Å²) in [5.41, 5.74) is 3.00. The van der Waals surface area contributed by atoms with Crippen molar-refractivity contribution in [3.8, 4) is 11.4 Å². The van der Waals surface area contributed by atoms with Crippen LogP contribution in [0.4, 0.5) is 0 Å². The van der Waals surface area contributed by atoms with E-state index in [9.17, 15) is 4.79 Å². The Balaban J connectivity index is 1.17. The first kappa shape index (κ1) is 29.1. The van der Waals surface area contributed by atoms with Crippen molar-refractivity contribution >= 4 is 35.5 Å². The Morgan fingerprint density at radius 2 is 1.90 bits per heavy atom. The highest BCUT2D eigenvalue weighted by molar-refractivity contribution is 7.71. The van der Waals surface area contributed by atoms with E-state index in [0.717, 1.165) is 54.3 Å². The standard InChI is InChI=1S/C33H45ClN4O2S/c1-20(5-14-29(39)40-4)26-12-13-27-25-11-8-22-19-24(15-17-32(22,2)28(25)16-18-33(26,27)3)37-38-30(35-36-31(38)41)21-6-9-23(34)10-7-21/h6-7,9-10,20,22,25-28H,5,8,11-19H2,1-4H3,(H,36,41)/b37-24-/t20-,22-,25+,26-,27+,28+,32+,33-/m1/s1. The number of nitrogens with one attached hydrogen (secondary N) is 1. The van der Waals surface area contributed by atoms with Crippen LogP contribution in [0.3, 0.4) is 0 Å². The van der Waals surface area contributed by atoms with E-state index >= 15 is 0 Å². The molecule has 0 unspecified atom stereocenters. The molecule has 0 aliphatic heterocycles. The molecule has 2 aromatic rings. The molecule has 6 rings (SSSR count). The van der Waals surface area contributed by atoms with Gasteiger partial charge >= 0.3 is 5.97 Å². The lowest BCUT2D eigenvalue weighted by Crippen LogP contribution is -2.53. The number of H-pyrrole nitrogens is 1. The predicted octanol–water partition coefficient (Wildman–Crippen LogP) is 8.71. The second-order valence-corrected chi connectivity index (χ2v) is 14.8. The highest BCUT2D eigenvalue weighted by Gasteiger charge is 2.60. The fraction of sp³-hybridized carbons (Fsp3) is 0.697. The van der Waals surface area contributed by atoms with Crippen LogP contribution in [0.2, 0.25) is 5.02 Å². The largest absolute Gasteiger partial charge is 0.469 e. The van der Waals surface area contributed by atoms with E-state index in [-0.39, 0.29) is 5.97 Å². The number of esters is 1. The number of aromatic nitrogens is 3. The molecule has 4 aliphatic carbocycles. The van der Waals surface area contributed by atoms with Crippen molar-refractivity contribution in [2.45, 2.75) is 91.4 Å². The second-order valence-electron chi connectivity index (χ2n) is 14.0. The third kappa shape index (κ3) is 5.13. The van der Waals surface area contributed by atoms with Gasteiger partial charge < -0.3 is 4.74 Å². The van der Waals surface area contributed by atoms with Crippen molar-refractivity contribution in [3.63, 3.8) is 0 Å². The number of hydrogen-bond donors (Lipinski definition) is 1. The van der Waals surface area contributed by atoms with E-state index in [1.165, 1.54) is 57.8 Å². The highest BCUT2D eigenvalue weighted by atomic mass is 35.5. The number of rotatable bonds is 6. The summed E-state index contributed by atoms with van der Waals surface area (Å²) in [6, 6.07) is 7.68. The van der Waals surface area contributed by atoms with Crippen LogP contribution in [0.15, 0.2) is 29.4 Å². The maximum absolute atomic E-state index is 11.8. The van der Waals surface area contributed by atoms with Gasteiger partial charge in [0, 0.05) is 22.7 Å². The molecule has 4 aliphatic rings. The molecule has 1 N–H and O–H groups in total. The molecule has 6 nitrogen and oxygen atoms in total. The third-order valence-corrected chi connectivity index (χ3v) is 12.8. The molecule has 4 saturated carbocycles. The van der Waals surface area contributed by atoms with Gasteiger partial charge in [-0.25, -0.2) is 5.10 Å². The molecular formula is C33H45ClN4O2S. The summed E-state index contributed by atoms with van der Waals surface area (Å²) in [5.74, 6) is 5.12. The van der Waals surface area contributed by atoms with Gasteiger partial charge in [0.15, 0.2) is 5.82 Å². The summed E-state index contributed by atoms with van der Waals surface area (Å²) in [5, 5.41) is 13.2. The minimum Gasteiger partial charge on any atom is -0.469 e. The smallest absolute Gasteiger partial charge is 0.305 e. The SMILES string of the molecule is COC(=O)CC[C@@H](C)[C@H]1CC[C@H]2[C@@H]3CC[C@@H]4C/C(=N\n5c(-c6ccc(Cl)cc6)n[nH]c5=S)CC[C@]4(C)[C@H]3CC[C@]12C. The van der Waals surface area contributed by atoms with Crippen molar-refractivity contribution in [2.24, 2.45) is 51.4 Å². The lowest BCUT2D eigenvalue weighted by Gasteiger charge is -2.61. The number of carbonyl (C=O) groups is 1. The molecule has 1 aromatic heterocycles. The van der Waals surface area contributed by atoms with Crippen LogP contribution >= 0.6 is 23.8 Å². The lowest BCUT2D eigenvalue weighted by atomic mass is 9.44. The number of fused-ring (bicyclic) bond motifs is 5. The van der Waals surface area contributed by atoms with Gasteiger partial charge in [0.1, 0.15) is 0 Å². The molecular weight excluding hydrogens is 552 g/mol. The molecule has 4 fully saturated rings. The van der Waals surface area contributed by atoms with E-state index in [2.05, 4.69) is 31.0 Å². The van der Waals surface area contributed by atoms with Crippen LogP contribution in [0.25, 0.3) is 11.4 Å². The molecule has 0 spiro atoms. The first-order chi connectivity index (χ1) is 19.6. The number of hydrogen-bond acceptors (Lipinski definition) is 5. The second kappa shape index (κ2) is 11.3. The minimum absolute atomic E-state index is 0.0667. The maximum Gasteiger partial charge on any atom is 0.305 e. The van der Waals surface area contributed by atoms with Crippen LogP contribution < -0.4 is 0 Å². The molecule has 0 amide bonds. The van der Waals surface area contributed by atoms with Crippen LogP contribution in [-0.4, -0.2) is 33.7 Å². The normalized spacial score (nSPS) is 36.3. The summed E-state index contributed by atoms with van der Waals surface area (Å²) in [6.45, 7) is 7.60. The monoisotopic (exact) mass is 596 g/mol. The summed E-state index contributed by atoms with van der Waals surface area (Å²) in [6.07, 6.45) is 12.8. The molecule has 8 atom stereocenters. The molecule has 8 heteroatoms. The first-order valence-electron chi connectivity index (χ1n) is 15.7. The number of benzene rings is 1. The zero-order chi connectivity index (χ0) is 28.9. The van der Waals surface area contributed by atoms with Gasteiger partial charge in [0.2, 0.25) is 4.77 Å². The molecule has 41 heavy (non-hydrogen) atoms. The minimum atomic E-state index is -0.0667. The summed E-state index contributed by atoms with van der Waals surface area (Å²) in [7, 11) is 1.50. The van der Waals surface area contributed by atoms with Gasteiger partial charge in [-0.05, 0) is 147 Å². The number of nitrogens with zero attached hydrogens (tertiary/aromatic N) is 3. The van der Waals surface area contributed by atoms with Gasteiger partial charge in [0.05, 0.1) is 7.11 Å². The number of carbonyl (C=O) groups excluding carboxylic acids is 1. The van der Waals surface area contributed by atoms with Crippen molar-refractivity contribution in [1.29, 1.82) is 0 Å². The maximum atomic E-state index is 11.8. The Hall–Kier alpha value is -1.99. The highest BCUT2D eigenvalue weighted by Crippen LogP contribution is 2.68. The third-order valence-electron chi connectivity index (χ3n) is 12.3. The van der Waals surface area contributed by atoms with Crippen LogP contribution in [0.1, 0.15) is 91.4 Å². The fourth-order valence-corrected chi connectivity index (χ4v) is 10.4. The van der Waals surface area contributed by atoms with Gasteiger partial charge in [-0.2, -0.15) is 14.9 Å². The Bertz CT molecular complexity index is 1370. The topological polar surface area (TPSA) is 72.3 Å². The quantitative estimate of drug-likeness (QED) is 0.267. The zero-order valence-electron chi connectivity index (χ0n) is 25.0. The number of halogens is 1. The van der Waals surface area contributed by atoms with E-state index < -0.39 is 0 Å². The fourth-order valence-electron chi connectivity index (χ4n) is 10.1. The molecule has 222 valence electrons. The van der Waals surface area contributed by atoms with E-state index in [0.29, 0.717) is 38.9 Å². The van der Waals surface area contributed by atoms with Gasteiger partial charge in [-0.3, -0.25) is 4.79 Å². The lowest BCUT2D eigenvalue weighted by molar-refractivity contribution is -0.141. The Labute approximate surface area is 254 Å². The summed E-state index contributed by atoms with van der Waals surface area (Å²) < 4.78 is 7.28. The average molecular weight is 597 g/mol. The van der Waals surface area contributed by atoms with E-state index in [4.69, 9.17) is 33.7 Å². The van der Waals surface area contributed by atoms with Gasteiger partial charge in [-0.15, -0.1) is 0 Å². The van der Waals surface area contributed by atoms with Crippen LogP contribution in [0.5, 0.6) is 0 Å². The van der Waals surface area contributed by atoms with Crippen molar-refractivity contribution in [3.05, 3.63) is 34.1 Å². The Morgan fingerprint density at radius 3 is 2.66 bits per heavy atom. The summed E-state index contributed by atoms with van der Waals surface area (Å²) >= 11 is 11.7. The zero-order valence-corrected chi connectivity index (χ0v) is 26.6. The number of aromatic amines is 1. The summed E-state index contributed by atoms with van der Waals surface area (Å²) in [4.78, 5) is 11.8. The molecule has 0 bridgehead atoms. The Morgan fingerprint density at radius 1 is 1.15 bits per heavy atom. The predicted molar refractivity (Wildman–Crippen MR) is 166 cm³/mol. The van der Waals surface area contributed by atoms with Crippen molar-refractivity contribution in [2.75, 3.05) is 7.11 Å². The van der Waals surface area contributed by atoms with Crippen LogP contribution in [0, 0.1) is 51.1 Å². The molecule has 1 heterocycles. The van der Waals surface area contributed by atoms with E-state index in [1.807, 2.05) is 28.9 Å². The van der Waals surface area contributed by atoms with Crippen LogP contribution in [-0.2, 0) is 9.53 Å². The van der Waals surface area contributed by atoms with E-state index in [1.54, 1.807) is 0 Å². The molecule has 0 saturated heterocycles. The Kier molecular flexibility index (Phi) is 7.99. The first-order valence-corrected chi connectivity index (χ1v) is 16.5. The number of methoxy groups -OCH3 is 1. The van der Waals surface area contributed by atoms with Gasteiger partial charge in [0.25, 0.3) is 0 Å².